The lowest BCUT2D eigenvalue weighted by Crippen LogP contribution is -1.95. The maximum absolute atomic E-state index is 5.74. The van der Waals surface area contributed by atoms with E-state index in [9.17, 15) is 0 Å². The molecular weight excluding hydrogens is 250 g/mol. The number of nitrogen functional groups attached to an aromatic ring is 1. The third-order valence-electron chi connectivity index (χ3n) is 2.80. The maximum atomic E-state index is 5.74. The SMILES string of the molecule is Nc1nccc(-c2ccc(Oc3ccccc3)cc2)n1. The molecule has 2 aromatic carbocycles. The molecule has 1 aromatic heterocycles. The van der Waals surface area contributed by atoms with Crippen molar-refractivity contribution in [1.82, 2.24) is 9.97 Å². The summed E-state index contributed by atoms with van der Waals surface area (Å²) < 4.78 is 5.74. The molecule has 0 atom stereocenters. The topological polar surface area (TPSA) is 61.0 Å². The van der Waals surface area contributed by atoms with Crippen LogP contribution in [0.2, 0.25) is 0 Å². The van der Waals surface area contributed by atoms with E-state index in [0.29, 0.717) is 0 Å². The first kappa shape index (κ1) is 12.2. The van der Waals surface area contributed by atoms with Gasteiger partial charge in [0.1, 0.15) is 11.5 Å². The van der Waals surface area contributed by atoms with Crippen molar-refractivity contribution in [1.29, 1.82) is 0 Å². The maximum Gasteiger partial charge on any atom is 0.220 e. The molecule has 0 unspecified atom stereocenters. The Hall–Kier alpha value is -2.88. The fourth-order valence-electron chi connectivity index (χ4n) is 1.85. The fraction of sp³-hybridized carbons (Fsp3) is 0. The Labute approximate surface area is 116 Å². The van der Waals surface area contributed by atoms with Gasteiger partial charge in [-0.3, -0.25) is 0 Å². The normalized spacial score (nSPS) is 10.2. The Kier molecular flexibility index (Phi) is 3.29. The number of anilines is 1. The minimum atomic E-state index is 0.270. The van der Waals surface area contributed by atoms with Crippen molar-refractivity contribution >= 4 is 5.95 Å². The van der Waals surface area contributed by atoms with Crippen LogP contribution in [0, 0.1) is 0 Å². The Morgan fingerprint density at radius 1 is 0.800 bits per heavy atom. The highest BCUT2D eigenvalue weighted by atomic mass is 16.5. The minimum Gasteiger partial charge on any atom is -0.457 e. The first-order valence-electron chi connectivity index (χ1n) is 6.23. The number of aromatic nitrogens is 2. The van der Waals surface area contributed by atoms with Crippen LogP contribution in [-0.2, 0) is 0 Å². The summed E-state index contributed by atoms with van der Waals surface area (Å²) in [6, 6.07) is 19.2. The van der Waals surface area contributed by atoms with Gasteiger partial charge >= 0.3 is 0 Å². The number of para-hydroxylation sites is 1. The second-order valence-electron chi connectivity index (χ2n) is 4.24. The predicted octanol–water partition coefficient (Wildman–Crippen LogP) is 3.52. The zero-order valence-electron chi connectivity index (χ0n) is 10.7. The van der Waals surface area contributed by atoms with Gasteiger partial charge in [-0.25, -0.2) is 9.97 Å². The van der Waals surface area contributed by atoms with E-state index in [1.165, 1.54) is 0 Å². The van der Waals surface area contributed by atoms with Gasteiger partial charge < -0.3 is 10.5 Å². The van der Waals surface area contributed by atoms with E-state index < -0.39 is 0 Å². The highest BCUT2D eigenvalue weighted by molar-refractivity contribution is 5.60. The van der Waals surface area contributed by atoms with E-state index in [1.54, 1.807) is 6.20 Å². The number of hydrogen-bond donors (Lipinski definition) is 1. The fourth-order valence-corrected chi connectivity index (χ4v) is 1.85. The van der Waals surface area contributed by atoms with E-state index in [2.05, 4.69) is 9.97 Å². The lowest BCUT2D eigenvalue weighted by atomic mass is 10.1. The molecule has 0 amide bonds. The molecule has 0 bridgehead atoms. The minimum absolute atomic E-state index is 0.270. The first-order valence-corrected chi connectivity index (χ1v) is 6.23. The summed E-state index contributed by atoms with van der Waals surface area (Å²) in [5.41, 5.74) is 7.35. The van der Waals surface area contributed by atoms with Crippen LogP contribution in [0.4, 0.5) is 5.95 Å². The van der Waals surface area contributed by atoms with Crippen LogP contribution in [0.3, 0.4) is 0 Å². The number of hydrogen-bond acceptors (Lipinski definition) is 4. The lowest BCUT2D eigenvalue weighted by Gasteiger charge is -2.06. The quantitative estimate of drug-likeness (QED) is 0.785. The molecule has 1 heterocycles. The van der Waals surface area contributed by atoms with Gasteiger partial charge in [0.15, 0.2) is 0 Å². The Morgan fingerprint density at radius 2 is 1.50 bits per heavy atom. The van der Waals surface area contributed by atoms with Gasteiger partial charge in [-0.05, 0) is 42.5 Å². The van der Waals surface area contributed by atoms with Gasteiger partial charge in [0, 0.05) is 11.8 Å². The van der Waals surface area contributed by atoms with Gasteiger partial charge in [0.05, 0.1) is 5.69 Å². The lowest BCUT2D eigenvalue weighted by molar-refractivity contribution is 0.483. The van der Waals surface area contributed by atoms with Crippen LogP contribution in [0.1, 0.15) is 0 Å². The molecule has 0 fully saturated rings. The van der Waals surface area contributed by atoms with Crippen molar-refractivity contribution in [3.63, 3.8) is 0 Å². The number of ether oxygens (including phenoxy) is 1. The zero-order valence-corrected chi connectivity index (χ0v) is 10.7. The number of nitrogens with zero attached hydrogens (tertiary/aromatic N) is 2. The molecular formula is C16H13N3O. The average Bonchev–Trinajstić information content (AvgIpc) is 2.49. The van der Waals surface area contributed by atoms with Gasteiger partial charge in [0.2, 0.25) is 5.95 Å². The van der Waals surface area contributed by atoms with Crippen molar-refractivity contribution in [2.45, 2.75) is 0 Å². The van der Waals surface area contributed by atoms with Gasteiger partial charge in [0.25, 0.3) is 0 Å². The average molecular weight is 263 g/mol. The van der Waals surface area contributed by atoms with Crippen LogP contribution in [0.15, 0.2) is 66.9 Å². The Balaban J connectivity index is 1.81. The van der Waals surface area contributed by atoms with E-state index in [1.807, 2.05) is 60.7 Å². The van der Waals surface area contributed by atoms with Crippen LogP contribution < -0.4 is 10.5 Å². The van der Waals surface area contributed by atoms with Crippen LogP contribution in [-0.4, -0.2) is 9.97 Å². The molecule has 0 aliphatic heterocycles. The predicted molar refractivity (Wildman–Crippen MR) is 78.4 cm³/mol. The van der Waals surface area contributed by atoms with Crippen LogP contribution in [0.25, 0.3) is 11.3 Å². The molecule has 0 saturated heterocycles. The van der Waals surface area contributed by atoms with E-state index in [4.69, 9.17) is 10.5 Å². The molecule has 4 nitrogen and oxygen atoms in total. The number of nitrogens with two attached hydrogens (primary N) is 1. The van der Waals surface area contributed by atoms with Crippen LogP contribution >= 0.6 is 0 Å². The molecule has 0 spiro atoms. The third kappa shape index (κ3) is 2.75. The Morgan fingerprint density at radius 3 is 2.20 bits per heavy atom. The van der Waals surface area contributed by atoms with Crippen molar-refractivity contribution in [3.05, 3.63) is 66.9 Å². The van der Waals surface area contributed by atoms with Crippen molar-refractivity contribution in [2.75, 3.05) is 5.73 Å². The van der Waals surface area contributed by atoms with E-state index in [-0.39, 0.29) is 5.95 Å². The summed E-state index contributed by atoms with van der Waals surface area (Å²) >= 11 is 0. The van der Waals surface area contributed by atoms with Crippen molar-refractivity contribution in [2.24, 2.45) is 0 Å². The number of benzene rings is 2. The molecule has 3 aromatic rings. The second-order valence-corrected chi connectivity index (χ2v) is 4.24. The molecule has 20 heavy (non-hydrogen) atoms. The van der Waals surface area contributed by atoms with Gasteiger partial charge in [-0.1, -0.05) is 18.2 Å². The van der Waals surface area contributed by atoms with Crippen molar-refractivity contribution in [3.8, 4) is 22.8 Å². The molecule has 98 valence electrons. The largest absolute Gasteiger partial charge is 0.457 e. The Bertz CT molecular complexity index is 696. The molecule has 0 aliphatic rings. The van der Waals surface area contributed by atoms with Gasteiger partial charge in [-0.15, -0.1) is 0 Å². The summed E-state index contributed by atoms with van der Waals surface area (Å²) in [5.74, 6) is 1.86. The second kappa shape index (κ2) is 5.40. The summed E-state index contributed by atoms with van der Waals surface area (Å²) in [4.78, 5) is 8.06. The van der Waals surface area contributed by atoms with Crippen LogP contribution in [0.5, 0.6) is 11.5 Å². The highest BCUT2D eigenvalue weighted by Crippen LogP contribution is 2.24. The summed E-state index contributed by atoms with van der Waals surface area (Å²) in [6.07, 6.45) is 1.64. The third-order valence-corrected chi connectivity index (χ3v) is 2.80. The molecule has 2 N–H and O–H groups in total. The molecule has 0 saturated carbocycles. The molecule has 4 heteroatoms. The summed E-state index contributed by atoms with van der Waals surface area (Å²) in [6.45, 7) is 0. The standard InChI is InChI=1S/C16H13N3O/c17-16-18-11-10-15(19-16)12-6-8-14(9-7-12)20-13-4-2-1-3-5-13/h1-11H,(H2,17,18,19). The van der Waals surface area contributed by atoms with Crippen molar-refractivity contribution < 1.29 is 4.74 Å². The van der Waals surface area contributed by atoms with E-state index in [0.717, 1.165) is 22.8 Å². The zero-order chi connectivity index (χ0) is 13.8. The molecule has 0 radical (unpaired) electrons. The smallest absolute Gasteiger partial charge is 0.220 e. The highest BCUT2D eigenvalue weighted by Gasteiger charge is 2.01. The van der Waals surface area contributed by atoms with E-state index >= 15 is 0 Å². The summed E-state index contributed by atoms with van der Waals surface area (Å²) in [7, 11) is 0. The monoisotopic (exact) mass is 263 g/mol. The van der Waals surface area contributed by atoms with Gasteiger partial charge in [-0.2, -0.15) is 0 Å². The molecule has 0 aliphatic carbocycles. The summed E-state index contributed by atoms with van der Waals surface area (Å²) in [5, 5.41) is 0. The molecule has 3 rings (SSSR count). The number of rotatable bonds is 3. The first-order chi connectivity index (χ1) is 9.81.